The monoisotopic (exact) mass is 410 g/mol. The molecule has 140 valence electrons. The number of rotatable bonds is 4. The normalized spacial score (nSPS) is 18.8. The highest BCUT2D eigenvalue weighted by molar-refractivity contribution is 8.26. The molecule has 28 heavy (non-hydrogen) atoms. The van der Waals surface area contributed by atoms with Crippen LogP contribution in [-0.4, -0.2) is 27.6 Å². The van der Waals surface area contributed by atoms with E-state index < -0.39 is 0 Å². The maximum Gasteiger partial charge on any atom is 0.267 e. The Morgan fingerprint density at radius 3 is 2.50 bits per heavy atom. The quantitative estimate of drug-likeness (QED) is 0.432. The summed E-state index contributed by atoms with van der Waals surface area (Å²) in [6.07, 6.45) is 1.59. The van der Waals surface area contributed by atoms with Crippen molar-refractivity contribution in [2.24, 2.45) is 0 Å². The van der Waals surface area contributed by atoms with Crippen LogP contribution in [0, 0.1) is 5.82 Å². The number of hydrogen-bond donors (Lipinski definition) is 0. The Balaban J connectivity index is 1.80. The highest BCUT2D eigenvalue weighted by Crippen LogP contribution is 2.45. The molecule has 0 bridgehead atoms. The van der Waals surface area contributed by atoms with Crippen molar-refractivity contribution < 1.29 is 14.0 Å². The molecule has 2 aliphatic rings. The summed E-state index contributed by atoms with van der Waals surface area (Å²) in [4.78, 5) is 29.4. The van der Waals surface area contributed by atoms with Crippen molar-refractivity contribution in [3.8, 4) is 0 Å². The van der Waals surface area contributed by atoms with E-state index in [0.29, 0.717) is 31.6 Å². The highest BCUT2D eigenvalue weighted by Gasteiger charge is 2.41. The molecule has 7 heteroatoms. The van der Waals surface area contributed by atoms with Crippen molar-refractivity contribution >= 4 is 51.4 Å². The first-order valence-corrected chi connectivity index (χ1v) is 9.79. The predicted octanol–water partition coefficient (Wildman–Crippen LogP) is 4.13. The zero-order chi connectivity index (χ0) is 19.8. The minimum Gasteiger partial charge on any atom is -0.303 e. The highest BCUT2D eigenvalue weighted by atomic mass is 32.2. The van der Waals surface area contributed by atoms with E-state index in [1.807, 2.05) is 12.1 Å². The van der Waals surface area contributed by atoms with Gasteiger partial charge in [0.15, 0.2) is 0 Å². The number of fused-ring (bicyclic) bond motifs is 1. The van der Waals surface area contributed by atoms with Gasteiger partial charge in [-0.25, -0.2) is 4.39 Å². The largest absolute Gasteiger partial charge is 0.303 e. The van der Waals surface area contributed by atoms with Gasteiger partial charge in [0.1, 0.15) is 10.1 Å². The Labute approximate surface area is 171 Å². The van der Waals surface area contributed by atoms with Crippen LogP contribution in [0.15, 0.2) is 66.1 Å². The topological polar surface area (TPSA) is 40.6 Å². The van der Waals surface area contributed by atoms with Crippen molar-refractivity contribution in [2.75, 3.05) is 11.4 Å². The van der Waals surface area contributed by atoms with Crippen LogP contribution < -0.4 is 4.90 Å². The van der Waals surface area contributed by atoms with Gasteiger partial charge in [0.25, 0.3) is 11.8 Å². The molecule has 0 radical (unpaired) electrons. The van der Waals surface area contributed by atoms with E-state index in [9.17, 15) is 14.0 Å². The van der Waals surface area contributed by atoms with Crippen molar-refractivity contribution in [3.05, 3.63) is 83.0 Å². The van der Waals surface area contributed by atoms with E-state index in [-0.39, 0.29) is 30.7 Å². The first-order valence-electron chi connectivity index (χ1n) is 8.56. The maximum absolute atomic E-state index is 14.2. The molecule has 0 N–H and O–H groups in total. The van der Waals surface area contributed by atoms with E-state index in [4.69, 9.17) is 12.2 Å². The van der Waals surface area contributed by atoms with Crippen LogP contribution >= 0.6 is 24.0 Å². The molecule has 2 aromatic rings. The molecule has 0 aliphatic carbocycles. The predicted molar refractivity (Wildman–Crippen MR) is 113 cm³/mol. The van der Waals surface area contributed by atoms with Gasteiger partial charge in [0, 0.05) is 17.7 Å². The number of amides is 2. The molecule has 4 nitrogen and oxygen atoms in total. The molecule has 0 unspecified atom stereocenters. The molecule has 1 saturated heterocycles. The standard InChI is InChI=1S/C21H15FN2O2S2/c1-2-11-23-20(26)18(28-21(23)27)17-14-8-4-6-10-16(14)24(19(17)25)12-13-7-3-5-9-15(13)22/h2-10H,1,11-12H2/b18-17+. The first kappa shape index (κ1) is 18.6. The molecule has 0 aromatic heterocycles. The van der Waals surface area contributed by atoms with Crippen LogP contribution in [0.4, 0.5) is 10.1 Å². The molecule has 1 fully saturated rings. The van der Waals surface area contributed by atoms with Crippen LogP contribution in [0.1, 0.15) is 11.1 Å². The number of thiocarbonyl (C=S) groups is 1. The number of para-hydroxylation sites is 1. The average Bonchev–Trinajstić information content (AvgIpc) is 3.12. The van der Waals surface area contributed by atoms with Crippen LogP contribution in [0.2, 0.25) is 0 Å². The Morgan fingerprint density at radius 1 is 1.04 bits per heavy atom. The minimum absolute atomic E-state index is 0.0823. The molecular formula is C21H15FN2O2S2. The molecule has 0 saturated carbocycles. The Morgan fingerprint density at radius 2 is 1.75 bits per heavy atom. The number of thioether (sulfide) groups is 1. The lowest BCUT2D eigenvalue weighted by molar-refractivity contribution is -0.122. The fourth-order valence-corrected chi connectivity index (χ4v) is 4.64. The smallest absolute Gasteiger partial charge is 0.267 e. The molecule has 2 aliphatic heterocycles. The second kappa shape index (κ2) is 7.33. The first-order chi connectivity index (χ1) is 13.5. The van der Waals surface area contributed by atoms with E-state index in [1.54, 1.807) is 36.4 Å². The maximum atomic E-state index is 14.2. The summed E-state index contributed by atoms with van der Waals surface area (Å²) in [7, 11) is 0. The zero-order valence-electron chi connectivity index (χ0n) is 14.7. The summed E-state index contributed by atoms with van der Waals surface area (Å²) in [6, 6.07) is 13.6. The van der Waals surface area contributed by atoms with Crippen LogP contribution in [0.25, 0.3) is 5.57 Å². The minimum atomic E-state index is -0.376. The van der Waals surface area contributed by atoms with Crippen LogP contribution in [-0.2, 0) is 16.1 Å². The fraction of sp³-hybridized carbons (Fsp3) is 0.0952. The van der Waals surface area contributed by atoms with Gasteiger partial charge in [0.2, 0.25) is 0 Å². The molecular weight excluding hydrogens is 395 g/mol. The summed E-state index contributed by atoms with van der Waals surface area (Å²) in [6.45, 7) is 4.01. The van der Waals surface area contributed by atoms with E-state index in [0.717, 1.165) is 11.8 Å². The lowest BCUT2D eigenvalue weighted by Gasteiger charge is -2.17. The van der Waals surface area contributed by atoms with Gasteiger partial charge < -0.3 is 4.90 Å². The Bertz CT molecular complexity index is 1060. The number of nitrogens with zero attached hydrogens (tertiary/aromatic N) is 2. The Hall–Kier alpha value is -2.77. The second-order valence-corrected chi connectivity index (χ2v) is 7.92. The third kappa shape index (κ3) is 2.96. The van der Waals surface area contributed by atoms with E-state index >= 15 is 0 Å². The van der Waals surface area contributed by atoms with Gasteiger partial charge >= 0.3 is 0 Å². The van der Waals surface area contributed by atoms with Gasteiger partial charge in [-0.15, -0.1) is 6.58 Å². The summed E-state index contributed by atoms with van der Waals surface area (Å²) in [5, 5.41) is 0. The molecule has 0 atom stereocenters. The van der Waals surface area contributed by atoms with Crippen molar-refractivity contribution in [1.29, 1.82) is 0 Å². The molecule has 2 aromatic carbocycles. The molecule has 2 heterocycles. The third-order valence-corrected chi connectivity index (χ3v) is 6.05. The van der Waals surface area contributed by atoms with Crippen LogP contribution in [0.5, 0.6) is 0 Å². The average molecular weight is 410 g/mol. The fourth-order valence-electron chi connectivity index (χ4n) is 3.29. The van der Waals surface area contributed by atoms with Gasteiger partial charge in [0.05, 0.1) is 22.7 Å². The van der Waals surface area contributed by atoms with E-state index in [1.165, 1.54) is 15.9 Å². The summed E-state index contributed by atoms with van der Waals surface area (Å²) in [5.41, 5.74) is 2.03. The van der Waals surface area contributed by atoms with Crippen molar-refractivity contribution in [2.45, 2.75) is 6.54 Å². The zero-order valence-corrected chi connectivity index (χ0v) is 16.4. The number of carbonyl (C=O) groups excluding carboxylic acids is 2. The molecule has 0 spiro atoms. The SMILES string of the molecule is C=CCN1C(=O)/C(=C2\C(=O)N(Cc3ccccc3F)c3ccccc32)SC1=S. The molecule has 2 amide bonds. The van der Waals surface area contributed by atoms with Crippen LogP contribution in [0.3, 0.4) is 0 Å². The number of anilines is 1. The number of hydrogen-bond acceptors (Lipinski definition) is 4. The number of carbonyl (C=O) groups is 2. The summed E-state index contributed by atoms with van der Waals surface area (Å²) >= 11 is 6.41. The lowest BCUT2D eigenvalue weighted by atomic mass is 10.1. The third-order valence-electron chi connectivity index (χ3n) is 4.60. The van der Waals surface area contributed by atoms with Gasteiger partial charge in [-0.3, -0.25) is 14.5 Å². The van der Waals surface area contributed by atoms with Gasteiger partial charge in [-0.05, 0) is 12.1 Å². The summed E-state index contributed by atoms with van der Waals surface area (Å²) < 4.78 is 14.5. The van der Waals surface area contributed by atoms with Gasteiger partial charge in [-0.2, -0.15) is 0 Å². The van der Waals surface area contributed by atoms with Crippen molar-refractivity contribution in [3.63, 3.8) is 0 Å². The molecule has 4 rings (SSSR count). The van der Waals surface area contributed by atoms with Gasteiger partial charge in [-0.1, -0.05) is 66.5 Å². The Kier molecular flexibility index (Phi) is 4.87. The second-order valence-electron chi connectivity index (χ2n) is 6.28. The summed E-state index contributed by atoms with van der Waals surface area (Å²) in [5.74, 6) is -1.01. The van der Waals surface area contributed by atoms with Crippen molar-refractivity contribution in [1.82, 2.24) is 4.90 Å². The number of benzene rings is 2. The lowest BCUT2D eigenvalue weighted by Crippen LogP contribution is -2.29. The number of halogens is 1. The van der Waals surface area contributed by atoms with E-state index in [2.05, 4.69) is 6.58 Å².